The Balaban J connectivity index is -0.0000000450. The topological polar surface area (TPSA) is 92.5 Å². The fourth-order valence-corrected chi connectivity index (χ4v) is 0. The molecule has 0 unspecified atom stereocenters. The summed E-state index contributed by atoms with van der Waals surface area (Å²) in [6, 6.07) is 0. The Kier molecular flexibility index (Phi) is 24.4. The first kappa shape index (κ1) is 15.9. The Labute approximate surface area is 53.5 Å². The molecule has 0 aromatic rings. The molecule has 0 rings (SSSR count). The zero-order valence-electron chi connectivity index (χ0n) is 2.72. The SMILES string of the molecule is N.O=S(O)O.[Au]. The largest absolute Gasteiger partial charge is 0.344 e. The van der Waals surface area contributed by atoms with E-state index in [1.807, 2.05) is 0 Å². The van der Waals surface area contributed by atoms with Gasteiger partial charge < -0.3 is 6.15 Å². The zero-order valence-corrected chi connectivity index (χ0v) is 5.70. The second kappa shape index (κ2) is 9.24. The molecule has 0 aromatic carbocycles. The smallest absolute Gasteiger partial charge is 0.299 e. The van der Waals surface area contributed by atoms with Gasteiger partial charge in [0.05, 0.1) is 0 Å². The molecule has 6 heteroatoms. The van der Waals surface area contributed by atoms with Gasteiger partial charge in [0.1, 0.15) is 0 Å². The Bertz CT molecular complexity index is 33.8. The van der Waals surface area contributed by atoms with Crippen LogP contribution in [0.5, 0.6) is 0 Å². The third-order valence-electron chi connectivity index (χ3n) is 0. The molecule has 0 aromatic heterocycles. The summed E-state index contributed by atoms with van der Waals surface area (Å²) in [5, 5.41) is 0. The third-order valence-corrected chi connectivity index (χ3v) is 0. The van der Waals surface area contributed by atoms with E-state index in [0.29, 0.717) is 0 Å². The van der Waals surface area contributed by atoms with Crippen LogP contribution in [0.1, 0.15) is 0 Å². The van der Waals surface area contributed by atoms with Crippen LogP contribution in [0.3, 0.4) is 0 Å². The maximum Gasteiger partial charge on any atom is 0.299 e. The van der Waals surface area contributed by atoms with Gasteiger partial charge in [0, 0.05) is 22.4 Å². The molecule has 4 nitrogen and oxygen atoms in total. The number of hydrogen-bond donors (Lipinski definition) is 3. The van der Waals surface area contributed by atoms with Gasteiger partial charge in [-0.25, -0.2) is 0 Å². The van der Waals surface area contributed by atoms with E-state index in [1.54, 1.807) is 0 Å². The van der Waals surface area contributed by atoms with Crippen molar-refractivity contribution in [3.8, 4) is 0 Å². The van der Waals surface area contributed by atoms with Crippen molar-refractivity contribution < 1.29 is 35.7 Å². The molecular formula is H5AuNO3S. The first-order valence-corrected chi connectivity index (χ1v) is 1.60. The van der Waals surface area contributed by atoms with Gasteiger partial charge in [-0.2, -0.15) is 4.21 Å². The van der Waals surface area contributed by atoms with Crippen LogP contribution in [0.15, 0.2) is 0 Å². The second-order valence-electron chi connectivity index (χ2n) is 0.231. The van der Waals surface area contributed by atoms with Crippen LogP contribution in [0.2, 0.25) is 0 Å². The van der Waals surface area contributed by atoms with Gasteiger partial charge in [-0.05, 0) is 0 Å². The molecule has 6 heavy (non-hydrogen) atoms. The fraction of sp³-hybridized carbons (Fsp3) is 0. The van der Waals surface area contributed by atoms with Crippen molar-refractivity contribution in [3.05, 3.63) is 0 Å². The molecule has 0 heterocycles. The van der Waals surface area contributed by atoms with Crippen LogP contribution in [0.4, 0.5) is 0 Å². The zero-order chi connectivity index (χ0) is 3.58. The Morgan fingerprint density at radius 1 is 1.33 bits per heavy atom. The normalized spacial score (nSPS) is 5.83. The molecule has 0 aliphatic heterocycles. The van der Waals surface area contributed by atoms with Crippen molar-refractivity contribution in [1.29, 1.82) is 0 Å². The third kappa shape index (κ3) is 114. The molecule has 5 N–H and O–H groups in total. The summed E-state index contributed by atoms with van der Waals surface area (Å²) in [5.41, 5.74) is 0. The van der Waals surface area contributed by atoms with Crippen LogP contribution in [-0.4, -0.2) is 13.3 Å². The average Bonchev–Trinajstić information content (AvgIpc) is 0.811. The van der Waals surface area contributed by atoms with Crippen LogP contribution in [-0.2, 0) is 33.7 Å². The monoisotopic (exact) mass is 296 g/mol. The van der Waals surface area contributed by atoms with Crippen molar-refractivity contribution in [2.45, 2.75) is 0 Å². The summed E-state index contributed by atoms with van der Waals surface area (Å²) in [6.45, 7) is 0. The summed E-state index contributed by atoms with van der Waals surface area (Å²) in [4.78, 5) is 0. The van der Waals surface area contributed by atoms with Crippen molar-refractivity contribution in [3.63, 3.8) is 0 Å². The summed E-state index contributed by atoms with van der Waals surface area (Å²) < 4.78 is 22.8. The van der Waals surface area contributed by atoms with E-state index in [2.05, 4.69) is 0 Å². The standard InChI is InChI=1S/Au.H3N.H2O3S/c;;1-4(2)3/h;1H3;(H2,1,2,3). The summed E-state index contributed by atoms with van der Waals surface area (Å²) in [5.74, 6) is 0. The van der Waals surface area contributed by atoms with E-state index in [9.17, 15) is 0 Å². The van der Waals surface area contributed by atoms with E-state index in [4.69, 9.17) is 13.3 Å². The van der Waals surface area contributed by atoms with E-state index in [0.717, 1.165) is 0 Å². The van der Waals surface area contributed by atoms with Crippen molar-refractivity contribution in [1.82, 2.24) is 6.15 Å². The average molecular weight is 296 g/mol. The van der Waals surface area contributed by atoms with Gasteiger partial charge in [0.25, 0.3) is 11.4 Å². The molecule has 0 amide bonds. The molecule has 0 aliphatic rings. The molecule has 45 valence electrons. The first-order chi connectivity index (χ1) is 1.73. The Morgan fingerprint density at radius 2 is 1.33 bits per heavy atom. The maximum absolute atomic E-state index is 8.67. The van der Waals surface area contributed by atoms with Crippen LogP contribution >= 0.6 is 0 Å². The van der Waals surface area contributed by atoms with E-state index in [-0.39, 0.29) is 28.5 Å². The van der Waals surface area contributed by atoms with Crippen LogP contribution in [0, 0.1) is 0 Å². The molecule has 1 radical (unpaired) electrons. The summed E-state index contributed by atoms with van der Waals surface area (Å²) in [6.07, 6.45) is 0. The first-order valence-electron chi connectivity index (χ1n) is 0.532. The minimum Gasteiger partial charge on any atom is -0.344 e. The fourth-order valence-electron chi connectivity index (χ4n) is 0. The molecule has 0 bridgehead atoms. The Hall–Kier alpha value is 0.770. The van der Waals surface area contributed by atoms with E-state index >= 15 is 0 Å². The second-order valence-corrected chi connectivity index (χ2v) is 0.692. The predicted octanol–water partition coefficient (Wildman–Crippen LogP) is -0.159. The van der Waals surface area contributed by atoms with Gasteiger partial charge in [0.2, 0.25) is 0 Å². The minimum atomic E-state index is -2.61. The van der Waals surface area contributed by atoms with Crippen molar-refractivity contribution in [2.24, 2.45) is 0 Å². The Morgan fingerprint density at radius 3 is 1.33 bits per heavy atom. The maximum atomic E-state index is 8.67. The number of rotatable bonds is 0. The molecule has 0 saturated carbocycles. The summed E-state index contributed by atoms with van der Waals surface area (Å²) >= 11 is -2.61. The van der Waals surface area contributed by atoms with Gasteiger partial charge in [-0.15, -0.1) is 0 Å². The predicted molar refractivity (Wildman–Crippen MR) is 18.4 cm³/mol. The van der Waals surface area contributed by atoms with Crippen LogP contribution in [0.25, 0.3) is 0 Å². The molecule has 0 spiro atoms. The van der Waals surface area contributed by atoms with Crippen molar-refractivity contribution in [2.75, 3.05) is 0 Å². The van der Waals surface area contributed by atoms with Crippen LogP contribution < -0.4 is 6.15 Å². The van der Waals surface area contributed by atoms with Gasteiger partial charge in [0.15, 0.2) is 0 Å². The minimum absolute atomic E-state index is 0. The van der Waals surface area contributed by atoms with E-state index in [1.165, 1.54) is 0 Å². The van der Waals surface area contributed by atoms with Gasteiger partial charge in [-0.1, -0.05) is 0 Å². The van der Waals surface area contributed by atoms with Gasteiger partial charge >= 0.3 is 0 Å². The molecule has 0 fully saturated rings. The molecule has 0 saturated heterocycles. The molecule has 0 aliphatic carbocycles. The quantitative estimate of drug-likeness (QED) is 0.428. The molecule has 0 atom stereocenters. The number of hydrogen-bond acceptors (Lipinski definition) is 2. The van der Waals surface area contributed by atoms with Crippen molar-refractivity contribution >= 4 is 11.4 Å². The van der Waals surface area contributed by atoms with Gasteiger partial charge in [-0.3, -0.25) is 9.11 Å². The summed E-state index contributed by atoms with van der Waals surface area (Å²) in [7, 11) is 0. The van der Waals surface area contributed by atoms with E-state index < -0.39 is 11.4 Å². The molecular weight excluding hydrogens is 291 g/mol.